The van der Waals surface area contributed by atoms with Gasteiger partial charge in [-0.05, 0) is 39.7 Å². The molecule has 0 aromatic heterocycles. The van der Waals surface area contributed by atoms with E-state index >= 15 is 0 Å². The topological polar surface area (TPSA) is 42.9 Å². The Labute approximate surface area is 170 Å². The van der Waals surface area contributed by atoms with Crippen LogP contribution in [0.1, 0.15) is 45.7 Å². The second-order valence-corrected chi connectivity index (χ2v) is 8.64. The molecule has 0 saturated carbocycles. The van der Waals surface area contributed by atoms with E-state index < -0.39 is 0 Å². The van der Waals surface area contributed by atoms with Crippen molar-refractivity contribution >= 4 is 5.96 Å². The predicted molar refractivity (Wildman–Crippen MR) is 119 cm³/mol. The Kier molecular flexibility index (Phi) is 7.13. The predicted octanol–water partition coefficient (Wildman–Crippen LogP) is 3.03. The van der Waals surface area contributed by atoms with Gasteiger partial charge in [0.1, 0.15) is 0 Å². The Morgan fingerprint density at radius 2 is 1.93 bits per heavy atom. The van der Waals surface area contributed by atoms with E-state index in [-0.39, 0.29) is 5.54 Å². The van der Waals surface area contributed by atoms with Crippen LogP contribution in [0, 0.1) is 0 Å². The van der Waals surface area contributed by atoms with Crippen molar-refractivity contribution in [2.45, 2.75) is 51.7 Å². The molecule has 0 radical (unpaired) electrons. The largest absolute Gasteiger partial charge is 0.357 e. The lowest BCUT2D eigenvalue weighted by molar-refractivity contribution is 0.259. The van der Waals surface area contributed by atoms with E-state index in [0.717, 1.165) is 45.2 Å². The minimum atomic E-state index is -0.0755. The maximum Gasteiger partial charge on any atom is 0.194 e. The van der Waals surface area contributed by atoms with Crippen LogP contribution in [0.5, 0.6) is 0 Å². The first-order chi connectivity index (χ1) is 13.5. The summed E-state index contributed by atoms with van der Waals surface area (Å²) >= 11 is 0. The fourth-order valence-electron chi connectivity index (χ4n) is 4.18. The van der Waals surface area contributed by atoms with Crippen molar-refractivity contribution in [1.29, 1.82) is 0 Å². The molecule has 2 atom stereocenters. The third-order valence-electron chi connectivity index (χ3n) is 5.69. The summed E-state index contributed by atoms with van der Waals surface area (Å²) in [5, 5.41) is 7.25. The number of likely N-dealkylation sites (tertiary alicyclic amines) is 1. The molecule has 3 rings (SSSR count). The van der Waals surface area contributed by atoms with E-state index in [1.165, 1.54) is 12.0 Å². The molecule has 154 valence electrons. The number of aliphatic imine (C=N–C) groups is 1. The first kappa shape index (κ1) is 20.9. The van der Waals surface area contributed by atoms with Gasteiger partial charge in [0.2, 0.25) is 0 Å². The molecule has 0 amide bonds. The molecule has 2 N–H and O–H groups in total. The zero-order chi connectivity index (χ0) is 20.0. The zero-order valence-corrected chi connectivity index (χ0v) is 18.0. The molecule has 0 aliphatic carbocycles. The monoisotopic (exact) mass is 383 g/mol. The number of rotatable bonds is 7. The second kappa shape index (κ2) is 9.57. The first-order valence-corrected chi connectivity index (χ1v) is 10.7. The van der Waals surface area contributed by atoms with Crippen LogP contribution < -0.4 is 10.6 Å². The third kappa shape index (κ3) is 5.58. The molecule has 1 saturated heterocycles. The molecule has 28 heavy (non-hydrogen) atoms. The number of nitrogens with zero attached hydrogens (tertiary/aromatic N) is 3. The maximum absolute atomic E-state index is 5.01. The number of hydrogen-bond acceptors (Lipinski definition) is 3. The summed E-state index contributed by atoms with van der Waals surface area (Å²) in [6.07, 6.45) is 5.78. The maximum atomic E-state index is 5.01. The minimum Gasteiger partial charge on any atom is -0.357 e. The van der Waals surface area contributed by atoms with Crippen molar-refractivity contribution in [1.82, 2.24) is 20.4 Å². The zero-order valence-electron chi connectivity index (χ0n) is 18.0. The summed E-state index contributed by atoms with van der Waals surface area (Å²) in [6.45, 7) is 14.8. The third-order valence-corrected chi connectivity index (χ3v) is 5.69. The Hall–Kier alpha value is -1.85. The summed E-state index contributed by atoms with van der Waals surface area (Å²) in [7, 11) is 0. The van der Waals surface area contributed by atoms with E-state index in [1.54, 1.807) is 0 Å². The van der Waals surface area contributed by atoms with Gasteiger partial charge in [-0.1, -0.05) is 42.5 Å². The van der Waals surface area contributed by atoms with Gasteiger partial charge in [0.05, 0.1) is 6.54 Å². The fraction of sp³-hybridized carbons (Fsp3) is 0.609. The number of hydrogen-bond donors (Lipinski definition) is 2. The van der Waals surface area contributed by atoms with Gasteiger partial charge in [0, 0.05) is 50.3 Å². The van der Waals surface area contributed by atoms with E-state index in [2.05, 4.69) is 90.6 Å². The minimum absolute atomic E-state index is 0.0755. The highest BCUT2D eigenvalue weighted by atomic mass is 15.3. The van der Waals surface area contributed by atoms with Gasteiger partial charge in [0.15, 0.2) is 5.96 Å². The molecular formula is C23H37N5. The van der Waals surface area contributed by atoms with E-state index in [1.807, 2.05) is 0 Å². The lowest BCUT2D eigenvalue weighted by Crippen LogP contribution is -2.46. The normalized spacial score (nSPS) is 22.1. The smallest absolute Gasteiger partial charge is 0.194 e. The number of nitrogens with one attached hydrogen (secondary N) is 2. The van der Waals surface area contributed by atoms with Crippen LogP contribution in [0.3, 0.4) is 0 Å². The average Bonchev–Trinajstić information content (AvgIpc) is 3.37. The van der Waals surface area contributed by atoms with Crippen LogP contribution in [0.2, 0.25) is 0 Å². The van der Waals surface area contributed by atoms with E-state index in [0.29, 0.717) is 12.1 Å². The van der Waals surface area contributed by atoms with Gasteiger partial charge in [-0.25, -0.2) is 0 Å². The van der Waals surface area contributed by atoms with Crippen molar-refractivity contribution in [3.8, 4) is 0 Å². The number of guanidine groups is 1. The molecule has 0 spiro atoms. The van der Waals surface area contributed by atoms with Gasteiger partial charge in [0.25, 0.3) is 0 Å². The Morgan fingerprint density at radius 3 is 2.61 bits per heavy atom. The van der Waals surface area contributed by atoms with Crippen molar-refractivity contribution in [3.63, 3.8) is 0 Å². The van der Waals surface area contributed by atoms with Crippen molar-refractivity contribution in [2.75, 3.05) is 39.3 Å². The van der Waals surface area contributed by atoms with Crippen LogP contribution in [0.4, 0.5) is 0 Å². The highest BCUT2D eigenvalue weighted by Gasteiger charge is 2.30. The van der Waals surface area contributed by atoms with Crippen LogP contribution in [-0.4, -0.2) is 66.6 Å². The highest BCUT2D eigenvalue weighted by molar-refractivity contribution is 5.80. The highest BCUT2D eigenvalue weighted by Crippen LogP contribution is 2.19. The fourth-order valence-corrected chi connectivity index (χ4v) is 4.18. The standard InChI is InChI=1S/C23H37N5/c1-5-24-22(28-16-13-21(17-28)27-14-9-10-15-27)25-18-23(3,4)26-19(2)20-11-7-6-8-12-20/h6-12,19,21,26H,5,13-18H2,1-4H3,(H,24,25). The van der Waals surface area contributed by atoms with Crippen LogP contribution >= 0.6 is 0 Å². The van der Waals surface area contributed by atoms with E-state index in [4.69, 9.17) is 4.99 Å². The molecule has 2 heterocycles. The molecule has 1 aromatic carbocycles. The Morgan fingerprint density at radius 1 is 1.21 bits per heavy atom. The lowest BCUT2D eigenvalue weighted by Gasteiger charge is -2.30. The molecule has 1 fully saturated rings. The van der Waals surface area contributed by atoms with Gasteiger partial charge in [-0.15, -0.1) is 0 Å². The summed E-state index contributed by atoms with van der Waals surface area (Å²) in [5.74, 6) is 1.05. The molecule has 5 nitrogen and oxygen atoms in total. The summed E-state index contributed by atoms with van der Waals surface area (Å²) in [4.78, 5) is 10.0. The Balaban J connectivity index is 1.58. The van der Waals surface area contributed by atoms with Gasteiger partial charge < -0.3 is 15.5 Å². The van der Waals surface area contributed by atoms with Crippen LogP contribution in [-0.2, 0) is 0 Å². The molecule has 2 unspecified atom stereocenters. The quantitative estimate of drug-likeness (QED) is 0.431. The van der Waals surface area contributed by atoms with Gasteiger partial charge in [-0.2, -0.15) is 0 Å². The molecule has 1 aromatic rings. The number of benzene rings is 1. The molecular weight excluding hydrogens is 346 g/mol. The van der Waals surface area contributed by atoms with Crippen molar-refractivity contribution in [3.05, 3.63) is 48.0 Å². The van der Waals surface area contributed by atoms with Crippen LogP contribution in [0.25, 0.3) is 0 Å². The Bertz CT molecular complexity index is 659. The molecule has 2 aliphatic heterocycles. The summed E-state index contributed by atoms with van der Waals surface area (Å²) in [5.41, 5.74) is 1.24. The van der Waals surface area contributed by atoms with Gasteiger partial charge >= 0.3 is 0 Å². The first-order valence-electron chi connectivity index (χ1n) is 10.7. The molecule has 5 heteroatoms. The van der Waals surface area contributed by atoms with Gasteiger partial charge in [-0.3, -0.25) is 9.89 Å². The second-order valence-electron chi connectivity index (χ2n) is 8.64. The summed E-state index contributed by atoms with van der Waals surface area (Å²) in [6, 6.07) is 11.6. The molecule has 0 bridgehead atoms. The van der Waals surface area contributed by atoms with E-state index in [9.17, 15) is 0 Å². The van der Waals surface area contributed by atoms with Crippen molar-refractivity contribution < 1.29 is 0 Å². The SMILES string of the molecule is CCNC(=NCC(C)(C)NC(C)c1ccccc1)N1CCC(N2CC=CC2)C1. The van der Waals surface area contributed by atoms with Crippen LogP contribution in [0.15, 0.2) is 47.5 Å². The molecule has 2 aliphatic rings. The van der Waals surface area contributed by atoms with Crippen molar-refractivity contribution in [2.24, 2.45) is 4.99 Å². The average molecular weight is 384 g/mol. The lowest BCUT2D eigenvalue weighted by atomic mass is 10.0. The summed E-state index contributed by atoms with van der Waals surface area (Å²) < 4.78 is 0.